The van der Waals surface area contributed by atoms with E-state index in [0.717, 1.165) is 32.1 Å². The van der Waals surface area contributed by atoms with Crippen LogP contribution in [0.4, 0.5) is 5.82 Å². The van der Waals surface area contributed by atoms with Gasteiger partial charge in [0.2, 0.25) is 5.91 Å². The van der Waals surface area contributed by atoms with Crippen molar-refractivity contribution in [3.8, 4) is 0 Å². The largest absolute Gasteiger partial charge is 0.462 e. The van der Waals surface area contributed by atoms with Crippen molar-refractivity contribution >= 4 is 17.7 Å². The zero-order valence-corrected chi connectivity index (χ0v) is 14.7. The number of hydrogen-bond donors (Lipinski definition) is 1. The van der Waals surface area contributed by atoms with Gasteiger partial charge in [0.25, 0.3) is 0 Å². The van der Waals surface area contributed by atoms with E-state index in [0.29, 0.717) is 37.5 Å². The maximum absolute atomic E-state index is 12.2. The Morgan fingerprint density at radius 3 is 2.62 bits per heavy atom. The molecule has 1 saturated heterocycles. The van der Waals surface area contributed by atoms with E-state index in [1.807, 2.05) is 4.90 Å². The van der Waals surface area contributed by atoms with Gasteiger partial charge < -0.3 is 15.4 Å². The molecule has 134 valence electrons. The molecule has 0 aliphatic carbocycles. The van der Waals surface area contributed by atoms with Crippen LogP contribution in [0, 0.1) is 0 Å². The van der Waals surface area contributed by atoms with Gasteiger partial charge in [-0.2, -0.15) is 5.10 Å². The molecule has 0 bridgehead atoms. The standard InChI is InChI=1S/C17H28N4O3/c1-3-5-6-7-15(22)20-10-8-13(9-11-20)21-16(18)14(12-19-21)17(23)24-4-2/h12-13H,3-11,18H2,1-2H3. The number of anilines is 1. The normalized spacial score (nSPS) is 15.5. The van der Waals surface area contributed by atoms with E-state index in [9.17, 15) is 9.59 Å². The summed E-state index contributed by atoms with van der Waals surface area (Å²) < 4.78 is 6.68. The van der Waals surface area contributed by atoms with E-state index in [-0.39, 0.29) is 11.9 Å². The second-order valence-electron chi connectivity index (χ2n) is 6.18. The van der Waals surface area contributed by atoms with Crippen LogP contribution >= 0.6 is 0 Å². The summed E-state index contributed by atoms with van der Waals surface area (Å²) in [6.45, 7) is 5.62. The SMILES string of the molecule is CCCCCC(=O)N1CCC(n2ncc(C(=O)OCC)c2N)CC1. The van der Waals surface area contributed by atoms with Crippen LogP contribution in [-0.4, -0.2) is 46.3 Å². The topological polar surface area (TPSA) is 90.5 Å². The van der Waals surface area contributed by atoms with Crippen molar-refractivity contribution in [3.05, 3.63) is 11.8 Å². The summed E-state index contributed by atoms with van der Waals surface area (Å²) in [5.41, 5.74) is 6.37. The van der Waals surface area contributed by atoms with Gasteiger partial charge in [-0.15, -0.1) is 0 Å². The van der Waals surface area contributed by atoms with Crippen molar-refractivity contribution in [2.75, 3.05) is 25.4 Å². The number of ether oxygens (including phenoxy) is 1. The van der Waals surface area contributed by atoms with E-state index < -0.39 is 5.97 Å². The van der Waals surface area contributed by atoms with Crippen molar-refractivity contribution < 1.29 is 14.3 Å². The number of unbranched alkanes of at least 4 members (excludes halogenated alkanes) is 2. The van der Waals surface area contributed by atoms with Gasteiger partial charge >= 0.3 is 5.97 Å². The Kier molecular flexibility index (Phi) is 6.63. The van der Waals surface area contributed by atoms with Gasteiger partial charge in [-0.3, -0.25) is 4.79 Å². The van der Waals surface area contributed by atoms with E-state index in [4.69, 9.17) is 10.5 Å². The number of rotatable bonds is 7. The van der Waals surface area contributed by atoms with Gasteiger partial charge in [0.05, 0.1) is 18.8 Å². The van der Waals surface area contributed by atoms with Gasteiger partial charge in [-0.05, 0) is 26.2 Å². The summed E-state index contributed by atoms with van der Waals surface area (Å²) in [6, 6.07) is 0.118. The predicted octanol–water partition coefficient (Wildman–Crippen LogP) is 2.39. The zero-order valence-electron chi connectivity index (χ0n) is 14.7. The van der Waals surface area contributed by atoms with Crippen LogP contribution < -0.4 is 5.73 Å². The fourth-order valence-electron chi connectivity index (χ4n) is 3.07. The Morgan fingerprint density at radius 2 is 2.00 bits per heavy atom. The zero-order chi connectivity index (χ0) is 17.5. The van der Waals surface area contributed by atoms with Gasteiger partial charge in [-0.25, -0.2) is 9.48 Å². The fourth-order valence-corrected chi connectivity index (χ4v) is 3.07. The Hall–Kier alpha value is -2.05. The van der Waals surface area contributed by atoms with Crippen LogP contribution in [0.1, 0.15) is 68.8 Å². The first kappa shape index (κ1) is 18.3. The number of carbonyl (C=O) groups is 2. The third-order valence-electron chi connectivity index (χ3n) is 4.49. The predicted molar refractivity (Wildman–Crippen MR) is 91.6 cm³/mol. The van der Waals surface area contributed by atoms with E-state index in [1.54, 1.807) is 11.6 Å². The number of nitrogens with two attached hydrogens (primary N) is 1. The van der Waals surface area contributed by atoms with E-state index in [1.165, 1.54) is 6.20 Å². The molecule has 1 fully saturated rings. The smallest absolute Gasteiger partial charge is 0.343 e. The lowest BCUT2D eigenvalue weighted by Crippen LogP contribution is -2.39. The van der Waals surface area contributed by atoms with E-state index in [2.05, 4.69) is 12.0 Å². The Balaban J connectivity index is 1.90. The quantitative estimate of drug-likeness (QED) is 0.610. The van der Waals surface area contributed by atoms with Crippen molar-refractivity contribution in [2.45, 2.75) is 58.4 Å². The minimum absolute atomic E-state index is 0.118. The molecule has 1 aromatic rings. The summed E-state index contributed by atoms with van der Waals surface area (Å²) in [5.74, 6) is 0.147. The van der Waals surface area contributed by atoms with Crippen LogP contribution in [0.15, 0.2) is 6.20 Å². The van der Waals surface area contributed by atoms with Crippen LogP contribution in [0.2, 0.25) is 0 Å². The number of carbonyl (C=O) groups excluding carboxylic acids is 2. The first-order valence-corrected chi connectivity index (χ1v) is 8.86. The van der Waals surface area contributed by atoms with Gasteiger partial charge in [0.15, 0.2) is 0 Å². The minimum atomic E-state index is -0.440. The van der Waals surface area contributed by atoms with Crippen LogP contribution in [-0.2, 0) is 9.53 Å². The average Bonchev–Trinajstić information content (AvgIpc) is 2.97. The highest BCUT2D eigenvalue weighted by Crippen LogP contribution is 2.26. The number of esters is 1. The maximum atomic E-state index is 12.2. The second-order valence-corrected chi connectivity index (χ2v) is 6.18. The van der Waals surface area contributed by atoms with Gasteiger partial charge in [0, 0.05) is 19.5 Å². The van der Waals surface area contributed by atoms with Gasteiger partial charge in [0.1, 0.15) is 11.4 Å². The molecule has 0 radical (unpaired) electrons. The van der Waals surface area contributed by atoms with Crippen LogP contribution in [0.5, 0.6) is 0 Å². The Morgan fingerprint density at radius 1 is 1.29 bits per heavy atom. The average molecular weight is 336 g/mol. The Bertz CT molecular complexity index is 562. The molecule has 0 atom stereocenters. The number of amides is 1. The maximum Gasteiger partial charge on any atom is 0.343 e. The van der Waals surface area contributed by atoms with Crippen LogP contribution in [0.25, 0.3) is 0 Å². The molecule has 1 aromatic heterocycles. The van der Waals surface area contributed by atoms with E-state index >= 15 is 0 Å². The number of nitrogen functional groups attached to an aromatic ring is 1. The number of piperidine rings is 1. The molecular weight excluding hydrogens is 308 g/mol. The number of hydrogen-bond acceptors (Lipinski definition) is 5. The van der Waals surface area contributed by atoms with Crippen LogP contribution in [0.3, 0.4) is 0 Å². The highest BCUT2D eigenvalue weighted by atomic mass is 16.5. The molecule has 1 amide bonds. The molecule has 2 rings (SSSR count). The molecule has 7 nitrogen and oxygen atoms in total. The summed E-state index contributed by atoms with van der Waals surface area (Å²) in [5, 5.41) is 4.26. The third kappa shape index (κ3) is 4.27. The van der Waals surface area contributed by atoms with Crippen molar-refractivity contribution in [1.82, 2.24) is 14.7 Å². The molecule has 0 spiro atoms. The molecule has 7 heteroatoms. The number of nitrogens with zero attached hydrogens (tertiary/aromatic N) is 3. The fraction of sp³-hybridized carbons (Fsp3) is 0.706. The van der Waals surface area contributed by atoms with Gasteiger partial charge in [-0.1, -0.05) is 19.8 Å². The number of aromatic nitrogens is 2. The lowest BCUT2D eigenvalue weighted by Gasteiger charge is -2.32. The molecule has 2 N–H and O–H groups in total. The molecule has 1 aliphatic rings. The molecule has 1 aliphatic heterocycles. The van der Waals surface area contributed by atoms with Crippen molar-refractivity contribution in [1.29, 1.82) is 0 Å². The van der Waals surface area contributed by atoms with Crippen molar-refractivity contribution in [2.24, 2.45) is 0 Å². The molecule has 0 unspecified atom stereocenters. The summed E-state index contributed by atoms with van der Waals surface area (Å²) in [4.78, 5) is 25.9. The summed E-state index contributed by atoms with van der Waals surface area (Å²) >= 11 is 0. The van der Waals surface area contributed by atoms with Crippen molar-refractivity contribution in [3.63, 3.8) is 0 Å². The summed E-state index contributed by atoms with van der Waals surface area (Å²) in [6.07, 6.45) is 6.88. The molecule has 0 saturated carbocycles. The third-order valence-corrected chi connectivity index (χ3v) is 4.49. The monoisotopic (exact) mass is 336 g/mol. The number of likely N-dealkylation sites (tertiary alicyclic amines) is 1. The Labute approximate surface area is 143 Å². The second kappa shape index (κ2) is 8.70. The lowest BCUT2D eigenvalue weighted by molar-refractivity contribution is -0.132. The first-order valence-electron chi connectivity index (χ1n) is 8.86. The molecule has 24 heavy (non-hydrogen) atoms. The summed E-state index contributed by atoms with van der Waals surface area (Å²) in [7, 11) is 0. The lowest BCUT2D eigenvalue weighted by atomic mass is 10.0. The first-order chi connectivity index (χ1) is 11.6. The minimum Gasteiger partial charge on any atom is -0.462 e. The molecule has 0 aromatic carbocycles. The highest BCUT2D eigenvalue weighted by molar-refractivity contribution is 5.94. The molecular formula is C17H28N4O3. The highest BCUT2D eigenvalue weighted by Gasteiger charge is 2.27. The molecule has 2 heterocycles.